The van der Waals surface area contributed by atoms with Gasteiger partial charge < -0.3 is 28.8 Å². The maximum Gasteiger partial charge on any atom is 0.338 e. The number of phenols is 1. The van der Waals surface area contributed by atoms with Crippen molar-refractivity contribution in [1.82, 2.24) is 4.57 Å². The largest absolute Gasteiger partial charge is 0.504 e. The molecule has 0 bridgehead atoms. The van der Waals surface area contributed by atoms with Crippen LogP contribution < -0.4 is 29.1 Å². The number of methoxy groups -OCH3 is 2. The molecule has 1 aromatic heterocycles. The maximum absolute atomic E-state index is 14.0. The fourth-order valence-corrected chi connectivity index (χ4v) is 5.66. The zero-order valence-electron chi connectivity index (χ0n) is 25.3. The van der Waals surface area contributed by atoms with E-state index in [0.29, 0.717) is 62.5 Å². The lowest BCUT2D eigenvalue weighted by Crippen LogP contribution is -2.40. The summed E-state index contributed by atoms with van der Waals surface area (Å²) in [5.74, 6) is 1.28. The number of aromatic nitrogens is 1. The van der Waals surface area contributed by atoms with Gasteiger partial charge in [-0.25, -0.2) is 9.79 Å². The molecule has 1 N–H and O–H groups in total. The lowest BCUT2D eigenvalue weighted by molar-refractivity contribution is -0.140. The van der Waals surface area contributed by atoms with Crippen LogP contribution in [0.1, 0.15) is 51.3 Å². The van der Waals surface area contributed by atoms with Crippen molar-refractivity contribution in [2.24, 2.45) is 10.9 Å². The van der Waals surface area contributed by atoms with Crippen molar-refractivity contribution >= 4 is 23.4 Å². The minimum atomic E-state index is -0.828. The van der Waals surface area contributed by atoms with Gasteiger partial charge in [0.25, 0.3) is 5.56 Å². The van der Waals surface area contributed by atoms with Gasteiger partial charge in [-0.05, 0) is 67.7 Å². The Hall–Kier alpha value is -4.09. The van der Waals surface area contributed by atoms with E-state index in [2.05, 4.69) is 18.8 Å². The van der Waals surface area contributed by atoms with E-state index in [1.54, 1.807) is 44.4 Å². The van der Waals surface area contributed by atoms with Crippen LogP contribution in [0.3, 0.4) is 0 Å². The number of carbonyl (C=O) groups is 1. The fourth-order valence-electron chi connectivity index (χ4n) is 4.61. The van der Waals surface area contributed by atoms with Gasteiger partial charge in [-0.1, -0.05) is 37.3 Å². The molecule has 10 nitrogen and oxygen atoms in total. The predicted octanol–water partition coefficient (Wildman–Crippen LogP) is 3.96. The topological polar surface area (TPSA) is 118 Å². The zero-order valence-corrected chi connectivity index (χ0v) is 26.2. The molecule has 0 aliphatic carbocycles. The van der Waals surface area contributed by atoms with Gasteiger partial charge in [-0.15, -0.1) is 0 Å². The van der Waals surface area contributed by atoms with E-state index in [4.69, 9.17) is 23.7 Å². The summed E-state index contributed by atoms with van der Waals surface area (Å²) in [6, 6.07) is 9.45. The highest BCUT2D eigenvalue weighted by Crippen LogP contribution is 2.36. The number of ether oxygens (including phenoxy) is 5. The van der Waals surface area contributed by atoms with Crippen molar-refractivity contribution in [2.75, 3.05) is 40.6 Å². The van der Waals surface area contributed by atoms with E-state index in [9.17, 15) is 14.7 Å². The summed E-state index contributed by atoms with van der Waals surface area (Å²) >= 11 is 1.21. The van der Waals surface area contributed by atoms with Crippen LogP contribution in [0, 0.1) is 5.92 Å². The molecule has 43 heavy (non-hydrogen) atoms. The Balaban J connectivity index is 1.85. The van der Waals surface area contributed by atoms with Crippen LogP contribution in [0.4, 0.5) is 0 Å². The quantitative estimate of drug-likeness (QED) is 0.228. The number of fused-ring (bicyclic) bond motifs is 1. The van der Waals surface area contributed by atoms with Crippen molar-refractivity contribution in [3.8, 4) is 23.0 Å². The van der Waals surface area contributed by atoms with Gasteiger partial charge in [0.15, 0.2) is 27.8 Å². The molecule has 1 unspecified atom stereocenters. The summed E-state index contributed by atoms with van der Waals surface area (Å²) in [6.07, 6.45) is 2.60. The van der Waals surface area contributed by atoms with Crippen LogP contribution in [0.15, 0.2) is 57.5 Å². The molecule has 0 radical (unpaired) electrons. The first kappa shape index (κ1) is 31.8. The van der Waals surface area contributed by atoms with Crippen LogP contribution in [0.25, 0.3) is 6.08 Å². The molecule has 3 aromatic rings. The number of hydrogen-bond donors (Lipinski definition) is 1. The van der Waals surface area contributed by atoms with Gasteiger partial charge in [0.2, 0.25) is 0 Å². The molecule has 11 heteroatoms. The lowest BCUT2D eigenvalue weighted by Gasteiger charge is -2.25. The maximum atomic E-state index is 14.0. The zero-order chi connectivity index (χ0) is 31.1. The second kappa shape index (κ2) is 14.4. The third-order valence-corrected chi connectivity index (χ3v) is 7.78. The van der Waals surface area contributed by atoms with Gasteiger partial charge in [0.05, 0.1) is 48.8 Å². The van der Waals surface area contributed by atoms with Crippen molar-refractivity contribution in [3.63, 3.8) is 0 Å². The molecule has 2 aromatic carbocycles. The normalized spacial score (nSPS) is 14.9. The smallest absolute Gasteiger partial charge is 0.338 e. The average Bonchev–Trinajstić information content (AvgIpc) is 3.28. The van der Waals surface area contributed by atoms with E-state index in [1.165, 1.54) is 29.1 Å². The molecular formula is C32H38N2O8S. The van der Waals surface area contributed by atoms with E-state index >= 15 is 0 Å². The Morgan fingerprint density at radius 1 is 1.07 bits per heavy atom. The third kappa shape index (κ3) is 7.29. The number of benzene rings is 2. The van der Waals surface area contributed by atoms with Crippen LogP contribution in [0.2, 0.25) is 0 Å². The summed E-state index contributed by atoms with van der Waals surface area (Å²) in [5, 5.41) is 10.1. The summed E-state index contributed by atoms with van der Waals surface area (Å²) in [7, 11) is 3.07. The van der Waals surface area contributed by atoms with Gasteiger partial charge in [0.1, 0.15) is 6.61 Å². The van der Waals surface area contributed by atoms with Crippen LogP contribution in [-0.4, -0.2) is 56.3 Å². The molecule has 1 atom stereocenters. The SMILES string of the molecule is CCOc1cc(C=c2sc3n(c2=O)C(c2ccc(OCCC(C)C)c(OC)c2)C(C(=O)OCCOC)=C(C)N=3)ccc1O. The van der Waals surface area contributed by atoms with E-state index in [-0.39, 0.29) is 30.1 Å². The van der Waals surface area contributed by atoms with Crippen LogP contribution in [-0.2, 0) is 14.3 Å². The molecule has 2 heterocycles. The molecule has 4 rings (SSSR count). The van der Waals surface area contributed by atoms with Crippen LogP contribution in [0.5, 0.6) is 23.0 Å². The van der Waals surface area contributed by atoms with Gasteiger partial charge in [-0.3, -0.25) is 9.36 Å². The van der Waals surface area contributed by atoms with Gasteiger partial charge >= 0.3 is 5.97 Å². The Labute approximate surface area is 254 Å². The Morgan fingerprint density at radius 2 is 1.86 bits per heavy atom. The molecule has 230 valence electrons. The first-order valence-electron chi connectivity index (χ1n) is 14.1. The molecule has 0 saturated heterocycles. The van der Waals surface area contributed by atoms with E-state index in [1.807, 2.05) is 13.0 Å². The lowest BCUT2D eigenvalue weighted by atomic mass is 9.95. The minimum Gasteiger partial charge on any atom is -0.504 e. The summed E-state index contributed by atoms with van der Waals surface area (Å²) < 4.78 is 29.6. The van der Waals surface area contributed by atoms with E-state index in [0.717, 1.165) is 6.42 Å². The van der Waals surface area contributed by atoms with Crippen LogP contribution >= 0.6 is 11.3 Å². The standard InChI is InChI=1S/C32H38N2O8S/c1-7-40-25-16-21(8-10-23(25)35)17-27-30(36)34-29(22-9-11-24(26(18-22)39-6)41-13-12-19(2)3)28(20(4)33-32(34)43-27)31(37)42-15-14-38-5/h8-11,16-19,29,35H,7,12-15H2,1-6H3. The number of carbonyl (C=O) groups excluding carboxylic acids is 1. The summed E-state index contributed by atoms with van der Waals surface area (Å²) in [5.41, 5.74) is 1.67. The highest BCUT2D eigenvalue weighted by molar-refractivity contribution is 7.07. The number of nitrogens with zero attached hydrogens (tertiary/aromatic N) is 2. The van der Waals surface area contributed by atoms with Gasteiger partial charge in [0, 0.05) is 7.11 Å². The first-order chi connectivity index (χ1) is 20.7. The number of esters is 1. The number of thiazole rings is 1. The number of phenolic OH excluding ortho intramolecular Hbond substituents is 1. The molecule has 0 saturated carbocycles. The number of aromatic hydroxyl groups is 1. The Kier molecular flexibility index (Phi) is 10.7. The average molecular weight is 611 g/mol. The summed E-state index contributed by atoms with van der Waals surface area (Å²) in [6.45, 7) is 9.00. The van der Waals surface area contributed by atoms with Crippen molar-refractivity contribution < 1.29 is 33.6 Å². The second-order valence-corrected chi connectivity index (χ2v) is 11.3. The summed E-state index contributed by atoms with van der Waals surface area (Å²) in [4.78, 5) is 32.5. The third-order valence-electron chi connectivity index (χ3n) is 6.80. The van der Waals surface area contributed by atoms with E-state index < -0.39 is 12.0 Å². The molecule has 1 aliphatic heterocycles. The Bertz CT molecular complexity index is 1670. The number of hydrogen-bond acceptors (Lipinski definition) is 10. The Morgan fingerprint density at radius 3 is 2.56 bits per heavy atom. The highest BCUT2D eigenvalue weighted by Gasteiger charge is 2.34. The second-order valence-electron chi connectivity index (χ2n) is 10.3. The monoisotopic (exact) mass is 610 g/mol. The molecule has 0 spiro atoms. The van der Waals surface area contributed by atoms with Crippen molar-refractivity contribution in [1.29, 1.82) is 0 Å². The number of allylic oxidation sites excluding steroid dienone is 1. The molecule has 0 fully saturated rings. The first-order valence-corrected chi connectivity index (χ1v) is 14.9. The van der Waals surface area contributed by atoms with Crippen molar-refractivity contribution in [2.45, 2.75) is 40.2 Å². The highest BCUT2D eigenvalue weighted by atomic mass is 32.1. The predicted molar refractivity (Wildman–Crippen MR) is 164 cm³/mol. The molecule has 1 aliphatic rings. The number of rotatable bonds is 13. The molecule has 0 amide bonds. The molecular weight excluding hydrogens is 572 g/mol. The fraction of sp³-hybridized carbons (Fsp3) is 0.406. The van der Waals surface area contributed by atoms with Gasteiger partial charge in [-0.2, -0.15) is 0 Å². The minimum absolute atomic E-state index is 0.0123. The van der Waals surface area contributed by atoms with Crippen molar-refractivity contribution in [3.05, 3.63) is 78.5 Å².